The van der Waals surface area contributed by atoms with Crippen molar-refractivity contribution in [3.63, 3.8) is 0 Å². The maximum atomic E-state index is 5.20. The van der Waals surface area contributed by atoms with Crippen molar-refractivity contribution < 1.29 is 4.74 Å². The fourth-order valence-electron chi connectivity index (χ4n) is 1.68. The summed E-state index contributed by atoms with van der Waals surface area (Å²) in [6, 6.07) is 8.64. The molecule has 1 saturated carbocycles. The molecule has 0 amide bonds. The number of ether oxygens (including phenoxy) is 1. The monoisotopic (exact) mass is 247 g/mol. The first-order valence-electron chi connectivity index (χ1n) is 6.49. The number of nitrogens with one attached hydrogen (secondary N) is 2. The van der Waals surface area contributed by atoms with Crippen molar-refractivity contribution >= 4 is 5.96 Å². The predicted molar refractivity (Wildman–Crippen MR) is 74.0 cm³/mol. The third-order valence-corrected chi connectivity index (χ3v) is 2.82. The molecule has 0 spiro atoms. The summed E-state index contributed by atoms with van der Waals surface area (Å²) < 4.78 is 5.20. The van der Waals surface area contributed by atoms with Gasteiger partial charge < -0.3 is 15.4 Å². The second-order valence-electron chi connectivity index (χ2n) is 4.47. The Labute approximate surface area is 108 Å². The lowest BCUT2D eigenvalue weighted by Gasteiger charge is -2.10. The van der Waals surface area contributed by atoms with E-state index in [1.165, 1.54) is 12.8 Å². The Balaban J connectivity index is 1.96. The van der Waals surface area contributed by atoms with Gasteiger partial charge in [-0.3, -0.25) is 0 Å². The summed E-state index contributed by atoms with van der Waals surface area (Å²) in [6.45, 7) is 3.63. The molecule has 4 heteroatoms. The number of hydrogen-bond acceptors (Lipinski definition) is 2. The lowest BCUT2D eigenvalue weighted by atomic mass is 10.2. The Hall–Kier alpha value is -1.71. The van der Waals surface area contributed by atoms with Crippen LogP contribution in [0.3, 0.4) is 0 Å². The van der Waals surface area contributed by atoms with Crippen LogP contribution in [0, 0.1) is 0 Å². The number of methoxy groups -OCH3 is 1. The SMILES string of the molecule is CCNC(=NCc1cccc(OC)c1)NC1CC1. The maximum absolute atomic E-state index is 5.20. The highest BCUT2D eigenvalue weighted by molar-refractivity contribution is 5.80. The molecule has 0 saturated heterocycles. The van der Waals surface area contributed by atoms with Gasteiger partial charge in [0.05, 0.1) is 13.7 Å². The minimum Gasteiger partial charge on any atom is -0.497 e. The van der Waals surface area contributed by atoms with E-state index < -0.39 is 0 Å². The summed E-state index contributed by atoms with van der Waals surface area (Å²) >= 11 is 0. The van der Waals surface area contributed by atoms with E-state index in [1.54, 1.807) is 7.11 Å². The van der Waals surface area contributed by atoms with Crippen molar-refractivity contribution in [2.24, 2.45) is 4.99 Å². The average Bonchev–Trinajstić information content (AvgIpc) is 3.20. The van der Waals surface area contributed by atoms with Gasteiger partial charge in [0, 0.05) is 12.6 Å². The minimum atomic E-state index is 0.619. The van der Waals surface area contributed by atoms with Crippen molar-refractivity contribution in [1.29, 1.82) is 0 Å². The van der Waals surface area contributed by atoms with Gasteiger partial charge >= 0.3 is 0 Å². The molecule has 0 radical (unpaired) electrons. The molecular weight excluding hydrogens is 226 g/mol. The van der Waals surface area contributed by atoms with Gasteiger partial charge in [-0.2, -0.15) is 0 Å². The smallest absolute Gasteiger partial charge is 0.191 e. The van der Waals surface area contributed by atoms with Crippen LogP contribution in [0.4, 0.5) is 0 Å². The van der Waals surface area contributed by atoms with E-state index in [2.05, 4.69) is 28.6 Å². The second kappa shape index (κ2) is 6.28. The van der Waals surface area contributed by atoms with Crippen LogP contribution in [-0.2, 0) is 6.54 Å². The van der Waals surface area contributed by atoms with Gasteiger partial charge in [0.25, 0.3) is 0 Å². The molecule has 1 aliphatic rings. The number of guanidine groups is 1. The molecule has 1 aliphatic carbocycles. The quantitative estimate of drug-likeness (QED) is 0.617. The molecule has 1 fully saturated rings. The second-order valence-corrected chi connectivity index (χ2v) is 4.47. The van der Waals surface area contributed by atoms with Crippen LogP contribution >= 0.6 is 0 Å². The standard InChI is InChI=1S/C14H21N3O/c1-3-15-14(17-12-7-8-12)16-10-11-5-4-6-13(9-11)18-2/h4-6,9,12H,3,7-8,10H2,1-2H3,(H2,15,16,17). The van der Waals surface area contributed by atoms with Crippen molar-refractivity contribution in [2.75, 3.05) is 13.7 Å². The normalized spacial score (nSPS) is 15.3. The van der Waals surface area contributed by atoms with Gasteiger partial charge in [-0.25, -0.2) is 4.99 Å². The summed E-state index contributed by atoms with van der Waals surface area (Å²) in [5.41, 5.74) is 1.15. The molecule has 98 valence electrons. The Bertz CT molecular complexity index is 413. The van der Waals surface area contributed by atoms with Crippen molar-refractivity contribution in [1.82, 2.24) is 10.6 Å². The van der Waals surface area contributed by atoms with Crippen LogP contribution in [0.15, 0.2) is 29.3 Å². The van der Waals surface area contributed by atoms with Gasteiger partial charge in [0.2, 0.25) is 0 Å². The Kier molecular flexibility index (Phi) is 4.45. The summed E-state index contributed by atoms with van der Waals surface area (Å²) in [6.07, 6.45) is 2.51. The van der Waals surface area contributed by atoms with Crippen molar-refractivity contribution in [2.45, 2.75) is 32.4 Å². The van der Waals surface area contributed by atoms with Gasteiger partial charge in [0.1, 0.15) is 5.75 Å². The lowest BCUT2D eigenvalue weighted by Crippen LogP contribution is -2.38. The van der Waals surface area contributed by atoms with E-state index in [0.29, 0.717) is 12.6 Å². The summed E-state index contributed by atoms with van der Waals surface area (Å²) in [5.74, 6) is 1.78. The molecule has 0 bridgehead atoms. The number of benzene rings is 1. The molecule has 0 aromatic heterocycles. The molecule has 2 N–H and O–H groups in total. The van der Waals surface area contributed by atoms with E-state index in [0.717, 1.165) is 23.8 Å². The third kappa shape index (κ3) is 3.95. The molecule has 0 unspecified atom stereocenters. The zero-order valence-electron chi connectivity index (χ0n) is 11.1. The molecule has 0 heterocycles. The summed E-state index contributed by atoms with van der Waals surface area (Å²) in [5, 5.41) is 6.66. The first kappa shape index (κ1) is 12.7. The highest BCUT2D eigenvalue weighted by Gasteiger charge is 2.21. The summed E-state index contributed by atoms with van der Waals surface area (Å²) in [4.78, 5) is 4.58. The molecular formula is C14H21N3O. The van der Waals surface area contributed by atoms with Crippen LogP contribution in [0.5, 0.6) is 5.75 Å². The van der Waals surface area contributed by atoms with Gasteiger partial charge in [-0.05, 0) is 37.5 Å². The topological polar surface area (TPSA) is 45.7 Å². The summed E-state index contributed by atoms with van der Waals surface area (Å²) in [7, 11) is 1.68. The number of hydrogen-bond donors (Lipinski definition) is 2. The third-order valence-electron chi connectivity index (χ3n) is 2.82. The first-order chi connectivity index (χ1) is 8.81. The van der Waals surface area contributed by atoms with Crippen LogP contribution in [0.25, 0.3) is 0 Å². The van der Waals surface area contributed by atoms with E-state index >= 15 is 0 Å². The minimum absolute atomic E-state index is 0.619. The first-order valence-corrected chi connectivity index (χ1v) is 6.49. The Morgan fingerprint density at radius 1 is 1.44 bits per heavy atom. The largest absolute Gasteiger partial charge is 0.497 e. The number of nitrogens with zero attached hydrogens (tertiary/aromatic N) is 1. The Morgan fingerprint density at radius 3 is 2.94 bits per heavy atom. The van der Waals surface area contributed by atoms with Gasteiger partial charge in [-0.15, -0.1) is 0 Å². The van der Waals surface area contributed by atoms with E-state index in [4.69, 9.17) is 4.74 Å². The fourth-order valence-corrected chi connectivity index (χ4v) is 1.68. The van der Waals surface area contributed by atoms with E-state index in [1.807, 2.05) is 18.2 Å². The molecule has 4 nitrogen and oxygen atoms in total. The highest BCUT2D eigenvalue weighted by Crippen LogP contribution is 2.18. The zero-order valence-corrected chi connectivity index (χ0v) is 11.1. The molecule has 18 heavy (non-hydrogen) atoms. The van der Waals surface area contributed by atoms with E-state index in [-0.39, 0.29) is 0 Å². The van der Waals surface area contributed by atoms with Crippen molar-refractivity contribution in [3.05, 3.63) is 29.8 Å². The maximum Gasteiger partial charge on any atom is 0.191 e. The van der Waals surface area contributed by atoms with Crippen LogP contribution < -0.4 is 15.4 Å². The number of rotatable bonds is 5. The zero-order chi connectivity index (χ0) is 12.8. The average molecular weight is 247 g/mol. The molecule has 0 aliphatic heterocycles. The van der Waals surface area contributed by atoms with E-state index in [9.17, 15) is 0 Å². The fraction of sp³-hybridized carbons (Fsp3) is 0.500. The molecule has 1 aromatic rings. The molecule has 2 rings (SSSR count). The molecule has 1 aromatic carbocycles. The van der Waals surface area contributed by atoms with Crippen LogP contribution in [0.1, 0.15) is 25.3 Å². The van der Waals surface area contributed by atoms with Crippen LogP contribution in [-0.4, -0.2) is 25.7 Å². The predicted octanol–water partition coefficient (Wildman–Crippen LogP) is 1.91. The Morgan fingerprint density at radius 2 is 2.28 bits per heavy atom. The molecule has 0 atom stereocenters. The van der Waals surface area contributed by atoms with Crippen molar-refractivity contribution in [3.8, 4) is 5.75 Å². The van der Waals surface area contributed by atoms with Gasteiger partial charge in [-0.1, -0.05) is 12.1 Å². The highest BCUT2D eigenvalue weighted by atomic mass is 16.5. The number of aliphatic imine (C=N–C) groups is 1. The van der Waals surface area contributed by atoms with Crippen LogP contribution in [0.2, 0.25) is 0 Å². The van der Waals surface area contributed by atoms with Gasteiger partial charge in [0.15, 0.2) is 5.96 Å². The lowest BCUT2D eigenvalue weighted by molar-refractivity contribution is 0.414.